The van der Waals surface area contributed by atoms with Crippen LogP contribution >= 0.6 is 11.6 Å². The van der Waals surface area contributed by atoms with E-state index in [0.717, 1.165) is 17.7 Å². The first-order valence-corrected chi connectivity index (χ1v) is 8.31. The van der Waals surface area contributed by atoms with Gasteiger partial charge in [0.15, 0.2) is 0 Å². The molecule has 0 heterocycles. The molecule has 1 aliphatic rings. The molecule has 0 radical (unpaired) electrons. The summed E-state index contributed by atoms with van der Waals surface area (Å²) in [5.74, 6) is 2.74. The van der Waals surface area contributed by atoms with E-state index in [1.807, 2.05) is 0 Å². The first-order valence-electron chi connectivity index (χ1n) is 7.78. The number of alkyl halides is 1. The summed E-state index contributed by atoms with van der Waals surface area (Å²) in [4.78, 5) is 0. The Bertz CT molecular complexity index is 188. The minimum Gasteiger partial charge on any atom is -0.126 e. The first kappa shape index (κ1) is 15.3. The van der Waals surface area contributed by atoms with Crippen LogP contribution in [0.2, 0.25) is 0 Å². The number of hydrogen-bond donors (Lipinski definition) is 0. The minimum absolute atomic E-state index is 0.480. The number of halogens is 1. The molecule has 0 aliphatic heterocycles. The van der Waals surface area contributed by atoms with Crippen molar-refractivity contribution in [2.45, 2.75) is 78.6 Å². The van der Waals surface area contributed by atoms with Crippen molar-refractivity contribution >= 4 is 11.6 Å². The lowest BCUT2D eigenvalue weighted by atomic mass is 9.62. The van der Waals surface area contributed by atoms with Crippen LogP contribution in [0.15, 0.2) is 0 Å². The SMILES string of the molecule is CCCCC1CCC(CCl)(C(CC)CC)CC1. The Kier molecular flexibility index (Phi) is 6.92. The van der Waals surface area contributed by atoms with Crippen molar-refractivity contribution in [3.63, 3.8) is 0 Å². The Morgan fingerprint density at radius 2 is 1.71 bits per heavy atom. The van der Waals surface area contributed by atoms with Crippen molar-refractivity contribution in [2.24, 2.45) is 17.3 Å². The van der Waals surface area contributed by atoms with Gasteiger partial charge in [-0.2, -0.15) is 0 Å². The Labute approximate surface area is 114 Å². The molecule has 0 aromatic heterocycles. The Hall–Kier alpha value is 0.290. The molecular formula is C16H31Cl. The summed E-state index contributed by atoms with van der Waals surface area (Å²) >= 11 is 6.34. The van der Waals surface area contributed by atoms with Crippen molar-refractivity contribution in [3.05, 3.63) is 0 Å². The second-order valence-corrected chi connectivity index (χ2v) is 6.36. The molecule has 1 fully saturated rings. The number of unbranched alkanes of at least 4 members (excludes halogenated alkanes) is 1. The van der Waals surface area contributed by atoms with Crippen molar-refractivity contribution in [1.82, 2.24) is 0 Å². The van der Waals surface area contributed by atoms with Gasteiger partial charge in [0.05, 0.1) is 0 Å². The highest BCUT2D eigenvalue weighted by Gasteiger charge is 2.39. The Morgan fingerprint density at radius 3 is 2.12 bits per heavy atom. The number of hydrogen-bond acceptors (Lipinski definition) is 0. The maximum absolute atomic E-state index is 6.34. The van der Waals surface area contributed by atoms with Crippen LogP contribution in [0.1, 0.15) is 78.6 Å². The first-order chi connectivity index (χ1) is 8.22. The maximum atomic E-state index is 6.34. The van der Waals surface area contributed by atoms with Gasteiger partial charge in [-0.25, -0.2) is 0 Å². The van der Waals surface area contributed by atoms with E-state index in [2.05, 4.69) is 20.8 Å². The van der Waals surface area contributed by atoms with E-state index in [1.165, 1.54) is 57.8 Å². The lowest BCUT2D eigenvalue weighted by Gasteiger charge is -2.44. The van der Waals surface area contributed by atoms with E-state index >= 15 is 0 Å². The molecule has 0 aromatic rings. The summed E-state index contributed by atoms with van der Waals surface area (Å²) in [6.45, 7) is 6.98. The zero-order chi connectivity index (χ0) is 12.7. The topological polar surface area (TPSA) is 0 Å². The van der Waals surface area contributed by atoms with Crippen LogP contribution in [0.25, 0.3) is 0 Å². The molecule has 0 atom stereocenters. The van der Waals surface area contributed by atoms with Crippen molar-refractivity contribution < 1.29 is 0 Å². The lowest BCUT2D eigenvalue weighted by Crippen LogP contribution is -2.36. The summed E-state index contributed by atoms with van der Waals surface area (Å²) in [6.07, 6.45) is 12.5. The fourth-order valence-corrected chi connectivity index (χ4v) is 4.33. The van der Waals surface area contributed by atoms with Crippen molar-refractivity contribution in [1.29, 1.82) is 0 Å². The number of rotatable bonds is 7. The molecule has 1 saturated carbocycles. The van der Waals surface area contributed by atoms with Gasteiger partial charge in [0.25, 0.3) is 0 Å². The highest BCUT2D eigenvalue weighted by Crippen LogP contribution is 2.48. The van der Waals surface area contributed by atoms with Gasteiger partial charge < -0.3 is 0 Å². The zero-order valence-corrected chi connectivity index (χ0v) is 12.9. The molecule has 1 aliphatic carbocycles. The van der Waals surface area contributed by atoms with Crippen molar-refractivity contribution in [2.75, 3.05) is 5.88 Å². The molecule has 0 amide bonds. The van der Waals surface area contributed by atoms with Gasteiger partial charge in [-0.1, -0.05) is 52.9 Å². The highest BCUT2D eigenvalue weighted by molar-refractivity contribution is 6.18. The van der Waals surface area contributed by atoms with Gasteiger partial charge in [-0.05, 0) is 42.9 Å². The molecule has 0 spiro atoms. The molecular weight excluding hydrogens is 228 g/mol. The standard InChI is InChI=1S/C16H31Cl/c1-4-7-8-14-9-11-16(13-17,12-10-14)15(5-2)6-3/h14-15H,4-13H2,1-3H3. The summed E-state index contributed by atoms with van der Waals surface area (Å²) in [6, 6.07) is 0. The Balaban J connectivity index is 2.50. The summed E-state index contributed by atoms with van der Waals surface area (Å²) in [7, 11) is 0. The minimum atomic E-state index is 0.480. The largest absolute Gasteiger partial charge is 0.126 e. The molecule has 0 aromatic carbocycles. The molecule has 1 heteroatoms. The molecule has 102 valence electrons. The summed E-state index contributed by atoms with van der Waals surface area (Å²) in [5.41, 5.74) is 0.480. The predicted molar refractivity (Wildman–Crippen MR) is 78.7 cm³/mol. The molecule has 0 saturated heterocycles. The summed E-state index contributed by atoms with van der Waals surface area (Å²) < 4.78 is 0. The van der Waals surface area contributed by atoms with Gasteiger partial charge >= 0.3 is 0 Å². The average molecular weight is 259 g/mol. The summed E-state index contributed by atoms with van der Waals surface area (Å²) in [5, 5.41) is 0. The monoisotopic (exact) mass is 258 g/mol. The van der Waals surface area contributed by atoms with E-state index in [-0.39, 0.29) is 0 Å². The maximum Gasteiger partial charge on any atom is 0.0282 e. The predicted octanol–water partition coefficient (Wildman–Crippen LogP) is 6.03. The fourth-order valence-electron chi connectivity index (χ4n) is 3.84. The van der Waals surface area contributed by atoms with Crippen LogP contribution in [0, 0.1) is 17.3 Å². The molecule has 0 bridgehead atoms. The van der Waals surface area contributed by atoms with Crippen LogP contribution in [0.5, 0.6) is 0 Å². The Morgan fingerprint density at radius 1 is 1.12 bits per heavy atom. The second-order valence-electron chi connectivity index (χ2n) is 6.10. The van der Waals surface area contributed by atoms with E-state index in [9.17, 15) is 0 Å². The third kappa shape index (κ3) is 3.88. The van der Waals surface area contributed by atoms with Gasteiger partial charge in [-0.15, -0.1) is 11.6 Å². The quantitative estimate of drug-likeness (QED) is 0.489. The highest BCUT2D eigenvalue weighted by atomic mass is 35.5. The van der Waals surface area contributed by atoms with E-state index in [0.29, 0.717) is 5.41 Å². The third-order valence-corrected chi connectivity index (χ3v) is 5.72. The molecule has 0 N–H and O–H groups in total. The molecule has 17 heavy (non-hydrogen) atoms. The van der Waals surface area contributed by atoms with E-state index in [1.54, 1.807) is 0 Å². The van der Waals surface area contributed by atoms with Crippen LogP contribution < -0.4 is 0 Å². The smallest absolute Gasteiger partial charge is 0.0282 e. The van der Waals surface area contributed by atoms with Crippen LogP contribution in [-0.2, 0) is 0 Å². The van der Waals surface area contributed by atoms with E-state index in [4.69, 9.17) is 11.6 Å². The molecule has 1 rings (SSSR count). The fraction of sp³-hybridized carbons (Fsp3) is 1.00. The molecule has 0 unspecified atom stereocenters. The zero-order valence-electron chi connectivity index (χ0n) is 12.1. The van der Waals surface area contributed by atoms with Gasteiger partial charge in [0, 0.05) is 5.88 Å². The van der Waals surface area contributed by atoms with Gasteiger partial charge in [0.1, 0.15) is 0 Å². The van der Waals surface area contributed by atoms with Crippen LogP contribution in [-0.4, -0.2) is 5.88 Å². The average Bonchev–Trinajstić information content (AvgIpc) is 2.39. The second kappa shape index (κ2) is 7.67. The van der Waals surface area contributed by atoms with Crippen molar-refractivity contribution in [3.8, 4) is 0 Å². The molecule has 0 nitrogen and oxygen atoms in total. The van der Waals surface area contributed by atoms with Gasteiger partial charge in [0.2, 0.25) is 0 Å². The van der Waals surface area contributed by atoms with Crippen LogP contribution in [0.4, 0.5) is 0 Å². The van der Waals surface area contributed by atoms with E-state index < -0.39 is 0 Å². The van der Waals surface area contributed by atoms with Crippen LogP contribution in [0.3, 0.4) is 0 Å². The normalized spacial score (nSPS) is 29.8. The third-order valence-electron chi connectivity index (χ3n) is 5.18. The lowest BCUT2D eigenvalue weighted by molar-refractivity contribution is 0.0869. The van der Waals surface area contributed by atoms with Gasteiger partial charge in [-0.3, -0.25) is 0 Å².